The van der Waals surface area contributed by atoms with Crippen molar-refractivity contribution in [2.75, 3.05) is 18.6 Å². The van der Waals surface area contributed by atoms with Gasteiger partial charge in [-0.3, -0.25) is 4.98 Å². The molecule has 0 aliphatic heterocycles. The molecule has 0 radical (unpaired) electrons. The van der Waals surface area contributed by atoms with Crippen molar-refractivity contribution in [2.45, 2.75) is 52.7 Å². The summed E-state index contributed by atoms with van der Waals surface area (Å²) >= 11 is 0. The number of rotatable bonds is 6. The largest absolute Gasteiger partial charge is 0.378 e. The Kier molecular flexibility index (Phi) is 5.04. The fraction of sp³-hybridized carbons (Fsp3) is 0.550. The minimum Gasteiger partial charge on any atom is -0.378 e. The molecule has 2 aromatic heterocycles. The first-order valence-corrected chi connectivity index (χ1v) is 9.11. The first-order valence-electron chi connectivity index (χ1n) is 9.11. The van der Waals surface area contributed by atoms with E-state index in [1.54, 1.807) is 6.20 Å². The van der Waals surface area contributed by atoms with E-state index in [1.165, 1.54) is 0 Å². The third-order valence-corrected chi connectivity index (χ3v) is 5.34. The van der Waals surface area contributed by atoms with Crippen molar-refractivity contribution in [3.63, 3.8) is 0 Å². The lowest BCUT2D eigenvalue weighted by Gasteiger charge is -2.55. The number of aromatic nitrogens is 3. The second kappa shape index (κ2) is 7.08. The van der Waals surface area contributed by atoms with Gasteiger partial charge in [-0.1, -0.05) is 26.8 Å². The maximum atomic E-state index is 5.88. The molecule has 0 unspecified atom stereocenters. The Morgan fingerprint density at radius 1 is 1.24 bits per heavy atom. The minimum absolute atomic E-state index is 0.104. The van der Waals surface area contributed by atoms with E-state index in [-0.39, 0.29) is 5.41 Å². The molecule has 3 rings (SSSR count). The van der Waals surface area contributed by atoms with Crippen LogP contribution in [0.3, 0.4) is 0 Å². The van der Waals surface area contributed by atoms with Crippen molar-refractivity contribution in [1.82, 2.24) is 15.0 Å². The summed E-state index contributed by atoms with van der Waals surface area (Å²) in [4.78, 5) is 16.2. The van der Waals surface area contributed by atoms with Crippen LogP contribution >= 0.6 is 0 Å². The first kappa shape index (κ1) is 17.8. The molecule has 0 spiro atoms. The molecule has 0 saturated heterocycles. The number of hydrogen-bond acceptors (Lipinski definition) is 5. The molecule has 1 saturated carbocycles. The number of hydrogen-bond donors (Lipinski definition) is 0. The zero-order chi connectivity index (χ0) is 18.0. The normalized spacial score (nSPS) is 21.6. The zero-order valence-corrected chi connectivity index (χ0v) is 15.9. The van der Waals surface area contributed by atoms with E-state index in [4.69, 9.17) is 9.72 Å². The van der Waals surface area contributed by atoms with Crippen molar-refractivity contribution >= 4 is 5.82 Å². The topological polar surface area (TPSA) is 51.1 Å². The molecule has 0 N–H and O–H groups in total. The average molecular weight is 340 g/mol. The quantitative estimate of drug-likeness (QED) is 0.802. The Bertz CT molecular complexity index is 717. The highest BCUT2D eigenvalue weighted by Gasteiger charge is 2.51. The van der Waals surface area contributed by atoms with E-state index >= 15 is 0 Å². The predicted molar refractivity (Wildman–Crippen MR) is 101 cm³/mol. The fourth-order valence-corrected chi connectivity index (χ4v) is 3.62. The number of pyridine rings is 1. The van der Waals surface area contributed by atoms with Crippen molar-refractivity contribution < 1.29 is 4.74 Å². The molecule has 5 nitrogen and oxygen atoms in total. The van der Waals surface area contributed by atoms with Crippen LogP contribution < -0.4 is 4.90 Å². The Morgan fingerprint density at radius 2 is 2.04 bits per heavy atom. The van der Waals surface area contributed by atoms with Gasteiger partial charge in [0.1, 0.15) is 11.5 Å². The van der Waals surface area contributed by atoms with E-state index < -0.39 is 0 Å². The number of ether oxygens (including phenoxy) is 1. The summed E-state index contributed by atoms with van der Waals surface area (Å²) in [7, 11) is 2.12. The molecular formula is C20H28N4O. The fourth-order valence-electron chi connectivity index (χ4n) is 3.62. The van der Waals surface area contributed by atoms with Gasteiger partial charge in [0.25, 0.3) is 0 Å². The summed E-state index contributed by atoms with van der Waals surface area (Å²) in [6, 6.07) is 8.33. The van der Waals surface area contributed by atoms with Crippen molar-refractivity contribution in [3.8, 4) is 11.5 Å². The summed E-state index contributed by atoms with van der Waals surface area (Å²) in [6.07, 6.45) is 4.00. The monoisotopic (exact) mass is 340 g/mol. The van der Waals surface area contributed by atoms with Crippen LogP contribution in [0.5, 0.6) is 0 Å². The Balaban J connectivity index is 1.89. The van der Waals surface area contributed by atoms with Crippen LogP contribution in [0.25, 0.3) is 11.5 Å². The molecule has 1 aliphatic carbocycles. The highest BCUT2D eigenvalue weighted by Crippen LogP contribution is 2.46. The third kappa shape index (κ3) is 3.38. The van der Waals surface area contributed by atoms with Gasteiger partial charge in [0.05, 0.1) is 6.10 Å². The second-order valence-electron chi connectivity index (χ2n) is 7.24. The van der Waals surface area contributed by atoms with Gasteiger partial charge in [-0.15, -0.1) is 0 Å². The lowest BCUT2D eigenvalue weighted by molar-refractivity contribution is -0.104. The minimum atomic E-state index is 0.104. The molecular weight excluding hydrogens is 312 g/mol. The lowest BCUT2D eigenvalue weighted by Crippen LogP contribution is -2.61. The summed E-state index contributed by atoms with van der Waals surface area (Å²) in [5.41, 5.74) is 1.95. The standard InChI is InChI=1S/C20H28N4O/c1-6-14-12-18(23-19(22-14)15-10-8-9-11-21-15)24(5)16-13-17(25-7-2)20(16,3)4/h8-12,16-17H,6-7,13H2,1-5H3/t16-,17-/m1/s1. The molecule has 1 aliphatic rings. The molecule has 134 valence electrons. The van der Waals surface area contributed by atoms with Crippen LogP contribution in [0.4, 0.5) is 5.82 Å². The molecule has 2 heterocycles. The van der Waals surface area contributed by atoms with Gasteiger partial charge in [0.15, 0.2) is 5.82 Å². The summed E-state index contributed by atoms with van der Waals surface area (Å²) in [5.74, 6) is 1.65. The van der Waals surface area contributed by atoms with Crippen LogP contribution in [0.15, 0.2) is 30.5 Å². The number of aryl methyl sites for hydroxylation is 1. The van der Waals surface area contributed by atoms with Gasteiger partial charge < -0.3 is 9.64 Å². The molecule has 0 aromatic carbocycles. The molecule has 25 heavy (non-hydrogen) atoms. The molecule has 1 fully saturated rings. The van der Waals surface area contributed by atoms with Crippen LogP contribution in [0.2, 0.25) is 0 Å². The summed E-state index contributed by atoms with van der Waals surface area (Å²) < 4.78 is 5.88. The van der Waals surface area contributed by atoms with E-state index in [0.29, 0.717) is 18.0 Å². The molecule has 0 bridgehead atoms. The second-order valence-corrected chi connectivity index (χ2v) is 7.24. The Labute approximate surface area is 150 Å². The number of anilines is 1. The SMILES string of the molecule is CCO[C@@H]1C[C@@H](N(C)c2cc(CC)nc(-c3ccccn3)n2)C1(C)C. The van der Waals surface area contributed by atoms with Crippen LogP contribution in [0, 0.1) is 5.41 Å². The predicted octanol–water partition coefficient (Wildman–Crippen LogP) is 3.74. The number of nitrogens with zero attached hydrogens (tertiary/aromatic N) is 4. The van der Waals surface area contributed by atoms with Gasteiger partial charge in [-0.2, -0.15) is 0 Å². The van der Waals surface area contributed by atoms with Crippen LogP contribution in [-0.4, -0.2) is 40.8 Å². The maximum absolute atomic E-state index is 5.88. The van der Waals surface area contributed by atoms with E-state index in [1.807, 2.05) is 18.2 Å². The molecule has 2 aromatic rings. The third-order valence-electron chi connectivity index (χ3n) is 5.34. The van der Waals surface area contributed by atoms with Gasteiger partial charge in [0.2, 0.25) is 0 Å². The van der Waals surface area contributed by atoms with E-state index in [0.717, 1.165) is 36.7 Å². The molecule has 2 atom stereocenters. The van der Waals surface area contributed by atoms with Crippen LogP contribution in [-0.2, 0) is 11.2 Å². The summed E-state index contributed by atoms with van der Waals surface area (Å²) in [5, 5.41) is 0. The highest BCUT2D eigenvalue weighted by atomic mass is 16.5. The van der Waals surface area contributed by atoms with Crippen molar-refractivity contribution in [1.29, 1.82) is 0 Å². The van der Waals surface area contributed by atoms with Gasteiger partial charge in [0, 0.05) is 43.1 Å². The summed E-state index contributed by atoms with van der Waals surface area (Å²) in [6.45, 7) is 9.50. The zero-order valence-electron chi connectivity index (χ0n) is 15.9. The van der Waals surface area contributed by atoms with Crippen LogP contribution in [0.1, 0.15) is 39.8 Å². The Morgan fingerprint density at radius 3 is 2.64 bits per heavy atom. The van der Waals surface area contributed by atoms with E-state index in [2.05, 4.69) is 55.7 Å². The smallest absolute Gasteiger partial charge is 0.180 e. The first-order chi connectivity index (χ1) is 12.0. The van der Waals surface area contributed by atoms with Gasteiger partial charge in [-0.05, 0) is 31.9 Å². The highest BCUT2D eigenvalue weighted by molar-refractivity contribution is 5.54. The Hall–Kier alpha value is -2.01. The van der Waals surface area contributed by atoms with Gasteiger partial charge in [-0.25, -0.2) is 9.97 Å². The van der Waals surface area contributed by atoms with E-state index in [9.17, 15) is 0 Å². The van der Waals surface area contributed by atoms with Crippen molar-refractivity contribution in [2.24, 2.45) is 5.41 Å². The molecule has 5 heteroatoms. The lowest BCUT2D eigenvalue weighted by atomic mass is 9.64. The maximum Gasteiger partial charge on any atom is 0.180 e. The average Bonchev–Trinajstić information content (AvgIpc) is 2.64. The van der Waals surface area contributed by atoms with Gasteiger partial charge >= 0.3 is 0 Å². The molecule has 0 amide bonds. The van der Waals surface area contributed by atoms with Crippen molar-refractivity contribution in [3.05, 3.63) is 36.2 Å².